The molecule has 3 nitrogen and oxygen atoms in total. The first-order valence-electron chi connectivity index (χ1n) is 3.67. The Morgan fingerprint density at radius 1 is 1.62 bits per heavy atom. The van der Waals surface area contributed by atoms with E-state index in [1.54, 1.807) is 12.1 Å². The fraction of sp³-hybridized carbons (Fsp3) is 0.222. The van der Waals surface area contributed by atoms with Crippen LogP contribution in [0.25, 0.3) is 0 Å². The summed E-state index contributed by atoms with van der Waals surface area (Å²) in [5.41, 5.74) is 5.53. The predicted octanol–water partition coefficient (Wildman–Crippen LogP) is 1.36. The van der Waals surface area contributed by atoms with Crippen molar-refractivity contribution in [3.05, 3.63) is 29.6 Å². The van der Waals surface area contributed by atoms with Crippen molar-refractivity contribution in [1.82, 2.24) is 0 Å². The number of benzene rings is 1. The van der Waals surface area contributed by atoms with Crippen molar-refractivity contribution in [1.29, 1.82) is 5.26 Å². The first kappa shape index (κ1) is 9.49. The van der Waals surface area contributed by atoms with Crippen molar-refractivity contribution < 1.29 is 9.13 Å². The second kappa shape index (κ2) is 3.87. The van der Waals surface area contributed by atoms with Gasteiger partial charge in [0.2, 0.25) is 0 Å². The Balaban J connectivity index is 3.06. The second-order valence-electron chi connectivity index (χ2n) is 2.49. The van der Waals surface area contributed by atoms with Gasteiger partial charge in [0.15, 0.2) is 0 Å². The van der Waals surface area contributed by atoms with E-state index in [9.17, 15) is 4.39 Å². The van der Waals surface area contributed by atoms with Gasteiger partial charge in [0.25, 0.3) is 0 Å². The minimum absolute atomic E-state index is 0.184. The summed E-state index contributed by atoms with van der Waals surface area (Å²) in [5, 5.41) is 8.47. The van der Waals surface area contributed by atoms with E-state index in [0.29, 0.717) is 5.75 Å². The van der Waals surface area contributed by atoms with E-state index in [-0.39, 0.29) is 5.56 Å². The number of rotatable bonds is 2. The van der Waals surface area contributed by atoms with Crippen molar-refractivity contribution in [2.75, 3.05) is 7.11 Å². The fourth-order valence-corrected chi connectivity index (χ4v) is 0.957. The van der Waals surface area contributed by atoms with Crippen LogP contribution in [0.4, 0.5) is 4.39 Å². The van der Waals surface area contributed by atoms with Crippen LogP contribution in [-0.2, 0) is 0 Å². The van der Waals surface area contributed by atoms with Gasteiger partial charge >= 0.3 is 0 Å². The molecule has 0 unspecified atom stereocenters. The van der Waals surface area contributed by atoms with Crippen molar-refractivity contribution in [3.63, 3.8) is 0 Å². The van der Waals surface area contributed by atoms with Gasteiger partial charge in [-0.25, -0.2) is 4.39 Å². The molecule has 4 heteroatoms. The van der Waals surface area contributed by atoms with Gasteiger partial charge in [-0.1, -0.05) is 0 Å². The molecule has 0 fully saturated rings. The Morgan fingerprint density at radius 2 is 2.31 bits per heavy atom. The summed E-state index contributed by atoms with van der Waals surface area (Å²) in [6, 6.07) is 5.04. The Labute approximate surface area is 75.5 Å². The van der Waals surface area contributed by atoms with Crippen molar-refractivity contribution in [2.24, 2.45) is 5.73 Å². The smallest absolute Gasteiger partial charge is 0.132 e. The van der Waals surface area contributed by atoms with Gasteiger partial charge in [-0.15, -0.1) is 0 Å². The minimum Gasteiger partial charge on any atom is -0.497 e. The summed E-state index contributed by atoms with van der Waals surface area (Å²) < 4.78 is 18.0. The molecule has 68 valence electrons. The second-order valence-corrected chi connectivity index (χ2v) is 2.49. The molecule has 0 aliphatic rings. The fourth-order valence-electron chi connectivity index (χ4n) is 0.957. The highest BCUT2D eigenvalue weighted by atomic mass is 19.1. The maximum atomic E-state index is 13.2. The molecule has 0 saturated heterocycles. The normalized spacial score (nSPS) is 11.8. The van der Waals surface area contributed by atoms with Gasteiger partial charge in [0, 0.05) is 11.6 Å². The Bertz CT molecular complexity index is 346. The lowest BCUT2D eigenvalue weighted by molar-refractivity contribution is 0.410. The summed E-state index contributed by atoms with van der Waals surface area (Å²) in [6.45, 7) is 0. The number of hydrogen-bond donors (Lipinski definition) is 1. The van der Waals surface area contributed by atoms with Crippen LogP contribution in [0.3, 0.4) is 0 Å². The van der Waals surface area contributed by atoms with Crippen LogP contribution in [0.15, 0.2) is 18.2 Å². The topological polar surface area (TPSA) is 59.0 Å². The quantitative estimate of drug-likeness (QED) is 0.747. The number of nitrogens with two attached hydrogens (primary N) is 1. The van der Waals surface area contributed by atoms with Crippen molar-refractivity contribution >= 4 is 0 Å². The van der Waals surface area contributed by atoms with Gasteiger partial charge in [0.05, 0.1) is 13.2 Å². The number of hydrogen-bond acceptors (Lipinski definition) is 3. The minimum atomic E-state index is -0.925. The zero-order valence-corrected chi connectivity index (χ0v) is 7.12. The maximum Gasteiger partial charge on any atom is 0.132 e. The molecule has 1 aromatic carbocycles. The molecule has 1 aromatic rings. The van der Waals surface area contributed by atoms with Crippen LogP contribution in [0.1, 0.15) is 11.6 Å². The summed E-state index contributed by atoms with van der Waals surface area (Å²) in [6.07, 6.45) is 0. The lowest BCUT2D eigenvalue weighted by Crippen LogP contribution is -2.09. The largest absolute Gasteiger partial charge is 0.497 e. The summed E-state index contributed by atoms with van der Waals surface area (Å²) in [5.74, 6) is -0.111. The summed E-state index contributed by atoms with van der Waals surface area (Å²) in [4.78, 5) is 0. The number of halogens is 1. The zero-order valence-electron chi connectivity index (χ0n) is 7.12. The molecule has 0 heterocycles. The molecule has 2 N–H and O–H groups in total. The number of nitrogens with zero attached hydrogens (tertiary/aromatic N) is 1. The highest BCUT2D eigenvalue weighted by Crippen LogP contribution is 2.19. The van der Waals surface area contributed by atoms with Gasteiger partial charge in [-0.3, -0.25) is 0 Å². The Kier molecular flexibility index (Phi) is 2.83. The first-order valence-corrected chi connectivity index (χ1v) is 3.67. The molecule has 0 amide bonds. The van der Waals surface area contributed by atoms with E-state index in [1.807, 2.05) is 0 Å². The molecule has 1 atom stereocenters. The highest BCUT2D eigenvalue weighted by molar-refractivity contribution is 5.32. The molecule has 1 rings (SSSR count). The SMILES string of the molecule is COc1ccc([C@H](N)C#N)c(F)c1. The molecular formula is C9H9FN2O. The van der Waals surface area contributed by atoms with Gasteiger partial charge in [0.1, 0.15) is 17.6 Å². The molecule has 0 spiro atoms. The highest BCUT2D eigenvalue weighted by Gasteiger charge is 2.10. The van der Waals surface area contributed by atoms with E-state index in [1.165, 1.54) is 19.2 Å². The third-order valence-electron chi connectivity index (χ3n) is 1.68. The molecule has 0 aliphatic heterocycles. The average molecular weight is 180 g/mol. The molecule has 0 radical (unpaired) electrons. The molecule has 0 bridgehead atoms. The predicted molar refractivity (Wildman–Crippen MR) is 45.5 cm³/mol. The summed E-state index contributed by atoms with van der Waals surface area (Å²) in [7, 11) is 1.44. The number of ether oxygens (including phenoxy) is 1. The summed E-state index contributed by atoms with van der Waals surface area (Å²) >= 11 is 0. The van der Waals surface area contributed by atoms with E-state index in [4.69, 9.17) is 15.7 Å². The standard InChI is InChI=1S/C9H9FN2O/c1-13-6-2-3-7(8(10)4-6)9(12)5-11/h2-4,9H,12H2,1H3/t9-/m1/s1. The van der Waals surface area contributed by atoms with Gasteiger partial charge in [-0.2, -0.15) is 5.26 Å². The van der Waals surface area contributed by atoms with Crippen LogP contribution in [0, 0.1) is 17.1 Å². The lowest BCUT2D eigenvalue weighted by Gasteiger charge is -2.06. The van der Waals surface area contributed by atoms with Crippen LogP contribution >= 0.6 is 0 Å². The number of nitriles is 1. The van der Waals surface area contributed by atoms with Crippen LogP contribution < -0.4 is 10.5 Å². The molecule has 13 heavy (non-hydrogen) atoms. The first-order chi connectivity index (χ1) is 6.19. The van der Waals surface area contributed by atoms with Crippen LogP contribution in [-0.4, -0.2) is 7.11 Å². The van der Waals surface area contributed by atoms with Gasteiger partial charge in [-0.05, 0) is 12.1 Å². The van der Waals surface area contributed by atoms with Gasteiger partial charge < -0.3 is 10.5 Å². The van der Waals surface area contributed by atoms with Crippen LogP contribution in [0.5, 0.6) is 5.75 Å². The molecule has 0 aromatic heterocycles. The Hall–Kier alpha value is -1.60. The van der Waals surface area contributed by atoms with Crippen LogP contribution in [0.2, 0.25) is 0 Å². The average Bonchev–Trinajstić information content (AvgIpc) is 2.16. The van der Waals surface area contributed by atoms with Crippen molar-refractivity contribution in [2.45, 2.75) is 6.04 Å². The molecule has 0 aliphatic carbocycles. The number of methoxy groups -OCH3 is 1. The zero-order chi connectivity index (χ0) is 9.84. The van der Waals surface area contributed by atoms with E-state index in [2.05, 4.69) is 0 Å². The van der Waals surface area contributed by atoms with Crippen molar-refractivity contribution in [3.8, 4) is 11.8 Å². The third-order valence-corrected chi connectivity index (χ3v) is 1.68. The third kappa shape index (κ3) is 1.95. The van der Waals surface area contributed by atoms with E-state index in [0.717, 1.165) is 0 Å². The lowest BCUT2D eigenvalue weighted by atomic mass is 10.1. The maximum absolute atomic E-state index is 13.2. The van der Waals surface area contributed by atoms with E-state index < -0.39 is 11.9 Å². The monoisotopic (exact) mass is 180 g/mol. The molecule has 0 saturated carbocycles. The van der Waals surface area contributed by atoms with E-state index >= 15 is 0 Å². The Morgan fingerprint density at radius 3 is 2.77 bits per heavy atom. The molecular weight excluding hydrogens is 171 g/mol.